The van der Waals surface area contributed by atoms with Gasteiger partial charge in [-0.1, -0.05) is 6.07 Å². The fourth-order valence-corrected chi connectivity index (χ4v) is 5.26. The van der Waals surface area contributed by atoms with Gasteiger partial charge in [0.15, 0.2) is 21.3 Å². The lowest BCUT2D eigenvalue weighted by molar-refractivity contribution is -0.152. The third-order valence-electron chi connectivity index (χ3n) is 4.54. The number of aryl methyl sites for hydroxylation is 1. The number of carboxylic acids is 1. The molecule has 2 saturated heterocycles. The highest BCUT2D eigenvalue weighted by Gasteiger charge is 2.70. The number of carbonyl (C=O) groups excluding carboxylic acids is 1. The zero-order valence-corrected chi connectivity index (χ0v) is 13.7. The van der Waals surface area contributed by atoms with E-state index in [-0.39, 0.29) is 5.57 Å². The number of amides is 1. The molecule has 3 heterocycles. The molecule has 2 aliphatic heterocycles. The van der Waals surface area contributed by atoms with Gasteiger partial charge in [0.1, 0.15) is 4.75 Å². The standard InChI is InChI=1S/C15H16N2O5S/c1-8-5-4-6-16-10(8)7-9-12(18)17-11(14(19)20)15(2,3)23(21,22)13(9)17/h4-7,11,13H,1-3H3,(H,19,20)/t11-,13+/m0/s1. The Kier molecular flexibility index (Phi) is 3.16. The molecular formula is C15H16N2O5S. The van der Waals surface area contributed by atoms with Crippen molar-refractivity contribution in [3.63, 3.8) is 0 Å². The van der Waals surface area contributed by atoms with Crippen LogP contribution in [-0.2, 0) is 19.4 Å². The Bertz CT molecular complexity index is 856. The first kappa shape index (κ1) is 15.7. The minimum absolute atomic E-state index is 0.0728. The molecule has 122 valence electrons. The van der Waals surface area contributed by atoms with Crippen LogP contribution < -0.4 is 0 Å². The van der Waals surface area contributed by atoms with Crippen LogP contribution in [0.3, 0.4) is 0 Å². The highest BCUT2D eigenvalue weighted by molar-refractivity contribution is 7.94. The van der Waals surface area contributed by atoms with Crippen LogP contribution in [0.15, 0.2) is 23.9 Å². The Morgan fingerprint density at radius 1 is 1.43 bits per heavy atom. The third-order valence-corrected chi connectivity index (χ3v) is 7.30. The Hall–Kier alpha value is -2.22. The first-order valence-corrected chi connectivity index (χ1v) is 8.57. The molecule has 0 unspecified atom stereocenters. The second-order valence-corrected chi connectivity index (χ2v) is 8.85. The second-order valence-electron chi connectivity index (χ2n) is 6.26. The molecule has 0 spiro atoms. The number of rotatable bonds is 2. The van der Waals surface area contributed by atoms with E-state index in [1.165, 1.54) is 19.9 Å². The lowest BCUT2D eigenvalue weighted by Crippen LogP contribution is -2.58. The van der Waals surface area contributed by atoms with Crippen LogP contribution in [0.4, 0.5) is 0 Å². The summed E-state index contributed by atoms with van der Waals surface area (Å²) in [7, 11) is -3.85. The van der Waals surface area contributed by atoms with E-state index in [9.17, 15) is 23.1 Å². The largest absolute Gasteiger partial charge is 0.480 e. The SMILES string of the molecule is Cc1cccnc1C=C1C(=O)N2[C@@H](C(=O)O)C(C)(C)S(=O)(=O)[C@H]12. The molecule has 0 bridgehead atoms. The molecule has 0 saturated carbocycles. The summed E-state index contributed by atoms with van der Waals surface area (Å²) in [4.78, 5) is 28.9. The first-order chi connectivity index (χ1) is 10.6. The zero-order valence-electron chi connectivity index (χ0n) is 12.8. The molecule has 23 heavy (non-hydrogen) atoms. The summed E-state index contributed by atoms with van der Waals surface area (Å²) >= 11 is 0. The molecule has 0 radical (unpaired) electrons. The van der Waals surface area contributed by atoms with Gasteiger partial charge in [0.05, 0.1) is 11.3 Å². The van der Waals surface area contributed by atoms with Crippen molar-refractivity contribution >= 4 is 27.8 Å². The lowest BCUT2D eigenvalue weighted by Gasteiger charge is -2.37. The highest BCUT2D eigenvalue weighted by atomic mass is 32.2. The van der Waals surface area contributed by atoms with Crippen LogP contribution in [0.1, 0.15) is 25.1 Å². The number of sulfone groups is 1. The topological polar surface area (TPSA) is 105 Å². The minimum atomic E-state index is -3.85. The van der Waals surface area contributed by atoms with Gasteiger partial charge in [-0.05, 0) is 38.5 Å². The van der Waals surface area contributed by atoms with Crippen LogP contribution >= 0.6 is 0 Å². The van der Waals surface area contributed by atoms with Crippen LogP contribution in [0.25, 0.3) is 6.08 Å². The number of carbonyl (C=O) groups is 2. The maximum atomic E-state index is 12.7. The van der Waals surface area contributed by atoms with Gasteiger partial charge >= 0.3 is 5.97 Å². The van der Waals surface area contributed by atoms with Crippen LogP contribution in [-0.4, -0.2) is 51.4 Å². The molecular weight excluding hydrogens is 320 g/mol. The summed E-state index contributed by atoms with van der Waals surface area (Å²) in [6.07, 6.45) is 2.99. The first-order valence-electron chi connectivity index (χ1n) is 7.03. The Balaban J connectivity index is 2.12. The van der Waals surface area contributed by atoms with Gasteiger partial charge in [-0.25, -0.2) is 13.2 Å². The summed E-state index contributed by atoms with van der Waals surface area (Å²) in [5, 5.41) is 8.14. The van der Waals surface area contributed by atoms with Gasteiger partial charge in [-0.2, -0.15) is 0 Å². The van der Waals surface area contributed by atoms with Gasteiger partial charge in [0.2, 0.25) is 0 Å². The van der Waals surface area contributed by atoms with Crippen molar-refractivity contribution in [3.05, 3.63) is 35.2 Å². The number of hydrogen-bond donors (Lipinski definition) is 1. The Morgan fingerprint density at radius 2 is 2.09 bits per heavy atom. The average Bonchev–Trinajstić information content (AvgIpc) is 2.60. The molecule has 2 atom stereocenters. The van der Waals surface area contributed by atoms with Crippen LogP contribution in [0.5, 0.6) is 0 Å². The number of hydrogen-bond acceptors (Lipinski definition) is 5. The summed E-state index contributed by atoms with van der Waals surface area (Å²) in [5.74, 6) is -1.89. The summed E-state index contributed by atoms with van der Waals surface area (Å²) in [6.45, 7) is 4.49. The minimum Gasteiger partial charge on any atom is -0.480 e. The van der Waals surface area contributed by atoms with Gasteiger partial charge in [0, 0.05) is 6.20 Å². The molecule has 1 N–H and O–H groups in total. The molecule has 2 aliphatic rings. The van der Waals surface area contributed by atoms with Gasteiger partial charge in [-0.15, -0.1) is 0 Å². The maximum absolute atomic E-state index is 12.7. The van der Waals surface area contributed by atoms with E-state index in [1.54, 1.807) is 25.3 Å². The molecule has 1 amide bonds. The van der Waals surface area contributed by atoms with E-state index in [0.29, 0.717) is 5.69 Å². The van der Waals surface area contributed by atoms with Crippen molar-refractivity contribution in [1.29, 1.82) is 0 Å². The Labute approximate surface area is 133 Å². The monoisotopic (exact) mass is 336 g/mol. The van der Waals surface area contributed by atoms with E-state index in [2.05, 4.69) is 4.98 Å². The van der Waals surface area contributed by atoms with E-state index in [4.69, 9.17) is 0 Å². The summed E-state index contributed by atoms with van der Waals surface area (Å²) in [6, 6.07) is 2.15. The van der Waals surface area contributed by atoms with Gasteiger partial charge in [0.25, 0.3) is 5.91 Å². The number of fused-ring (bicyclic) bond motifs is 1. The number of aromatic nitrogens is 1. The number of β-lactam (4-membered cyclic amide) rings is 1. The quantitative estimate of drug-likeness (QED) is 0.626. The van der Waals surface area contributed by atoms with Crippen molar-refractivity contribution in [1.82, 2.24) is 9.88 Å². The molecule has 2 fully saturated rings. The smallest absolute Gasteiger partial charge is 0.328 e. The number of nitrogens with zero attached hydrogens (tertiary/aromatic N) is 2. The Morgan fingerprint density at radius 3 is 2.65 bits per heavy atom. The number of pyridine rings is 1. The van der Waals surface area contributed by atoms with E-state index < -0.39 is 37.9 Å². The molecule has 7 nitrogen and oxygen atoms in total. The van der Waals surface area contributed by atoms with E-state index >= 15 is 0 Å². The van der Waals surface area contributed by atoms with Crippen molar-refractivity contribution in [2.24, 2.45) is 0 Å². The van der Waals surface area contributed by atoms with Crippen molar-refractivity contribution in [2.45, 2.75) is 36.9 Å². The van der Waals surface area contributed by atoms with Crippen molar-refractivity contribution in [3.8, 4) is 0 Å². The van der Waals surface area contributed by atoms with E-state index in [0.717, 1.165) is 10.5 Å². The fourth-order valence-electron chi connectivity index (χ4n) is 3.14. The molecule has 8 heteroatoms. The van der Waals surface area contributed by atoms with Crippen LogP contribution in [0, 0.1) is 6.92 Å². The molecule has 0 aromatic carbocycles. The van der Waals surface area contributed by atoms with Gasteiger partial charge < -0.3 is 10.0 Å². The number of aliphatic carboxylic acids is 1. The van der Waals surface area contributed by atoms with Gasteiger partial charge in [-0.3, -0.25) is 9.78 Å². The fraction of sp³-hybridized carbons (Fsp3) is 0.400. The maximum Gasteiger partial charge on any atom is 0.328 e. The average molecular weight is 336 g/mol. The highest BCUT2D eigenvalue weighted by Crippen LogP contribution is 2.48. The lowest BCUT2D eigenvalue weighted by atomic mass is 9.95. The second kappa shape index (κ2) is 4.64. The summed E-state index contributed by atoms with van der Waals surface area (Å²) < 4.78 is 23.9. The van der Waals surface area contributed by atoms with Crippen LogP contribution in [0.2, 0.25) is 0 Å². The predicted octanol–water partition coefficient (Wildman–Crippen LogP) is 0.602. The summed E-state index contributed by atoms with van der Waals surface area (Å²) in [5.41, 5.74) is 1.38. The number of carboxylic acid groups (broad SMARTS) is 1. The van der Waals surface area contributed by atoms with Crippen molar-refractivity contribution in [2.75, 3.05) is 0 Å². The van der Waals surface area contributed by atoms with Crippen molar-refractivity contribution < 1.29 is 23.1 Å². The molecule has 1 aromatic rings. The molecule has 3 rings (SSSR count). The van der Waals surface area contributed by atoms with E-state index in [1.807, 2.05) is 0 Å². The zero-order chi connectivity index (χ0) is 17.2. The predicted molar refractivity (Wildman–Crippen MR) is 82.0 cm³/mol. The third kappa shape index (κ3) is 1.87. The normalized spacial score (nSPS) is 29.3. The molecule has 1 aromatic heterocycles. The molecule has 0 aliphatic carbocycles.